The minimum atomic E-state index is -0.310. The molecule has 0 aliphatic heterocycles. The fraction of sp³-hybridized carbons (Fsp3) is 0.235. The minimum Gasteiger partial charge on any atom is -0.493 e. The van der Waals surface area contributed by atoms with E-state index in [1.54, 1.807) is 35.8 Å². The topological polar surface area (TPSA) is 77.0 Å². The monoisotopic (exact) mass is 346 g/mol. The van der Waals surface area contributed by atoms with Crippen LogP contribution in [0, 0.1) is 0 Å². The van der Waals surface area contributed by atoms with E-state index < -0.39 is 0 Å². The largest absolute Gasteiger partial charge is 0.493 e. The number of hydrogen-bond donors (Lipinski definition) is 1. The van der Waals surface area contributed by atoms with E-state index in [9.17, 15) is 9.59 Å². The Morgan fingerprint density at radius 2 is 1.96 bits per heavy atom. The van der Waals surface area contributed by atoms with E-state index in [0.717, 1.165) is 5.56 Å². The zero-order chi connectivity index (χ0) is 17.4. The van der Waals surface area contributed by atoms with Crippen LogP contribution in [0.1, 0.15) is 28.8 Å². The van der Waals surface area contributed by atoms with Gasteiger partial charge in [-0.3, -0.25) is 9.59 Å². The number of amides is 1. The summed E-state index contributed by atoms with van der Waals surface area (Å²) in [4.78, 5) is 23.9. The summed E-state index contributed by atoms with van der Waals surface area (Å²) in [6.07, 6.45) is 1.72. The van der Waals surface area contributed by atoms with E-state index in [0.29, 0.717) is 17.1 Å². The summed E-state index contributed by atoms with van der Waals surface area (Å²) in [5.41, 5.74) is 3.80. The third-order valence-electron chi connectivity index (χ3n) is 3.23. The molecule has 1 heterocycles. The summed E-state index contributed by atoms with van der Waals surface area (Å²) < 4.78 is 10.3. The number of methoxy groups -OCH3 is 2. The highest BCUT2D eigenvalue weighted by atomic mass is 32.1. The number of Topliss-reactive ketones (excluding diaryl/α,β-unsaturated/α-hetero) is 1. The second-order valence-electron chi connectivity index (χ2n) is 4.84. The summed E-state index contributed by atoms with van der Waals surface area (Å²) in [6.45, 7) is 0. The highest BCUT2D eigenvalue weighted by Gasteiger charge is 2.12. The lowest BCUT2D eigenvalue weighted by Gasteiger charge is -2.08. The predicted molar refractivity (Wildman–Crippen MR) is 93.2 cm³/mol. The lowest BCUT2D eigenvalue weighted by molar-refractivity contribution is -0.121. The molecule has 0 saturated carbocycles. The maximum atomic E-state index is 12.2. The van der Waals surface area contributed by atoms with Gasteiger partial charge in [-0.2, -0.15) is 16.4 Å². The number of nitrogens with one attached hydrogen (secondary N) is 1. The Labute approximate surface area is 144 Å². The van der Waals surface area contributed by atoms with Crippen LogP contribution >= 0.6 is 11.3 Å². The van der Waals surface area contributed by atoms with Gasteiger partial charge in [-0.25, -0.2) is 5.43 Å². The maximum Gasteiger partial charge on any atom is 0.240 e. The van der Waals surface area contributed by atoms with Gasteiger partial charge in [0.05, 0.1) is 20.4 Å². The van der Waals surface area contributed by atoms with Gasteiger partial charge in [0, 0.05) is 24.0 Å². The van der Waals surface area contributed by atoms with Crippen molar-refractivity contribution in [3.63, 3.8) is 0 Å². The molecule has 126 valence electrons. The van der Waals surface area contributed by atoms with E-state index in [1.165, 1.54) is 14.2 Å². The van der Waals surface area contributed by atoms with Gasteiger partial charge in [0.1, 0.15) is 0 Å². The molecule has 0 radical (unpaired) electrons. The number of ether oxygens (including phenoxy) is 2. The molecule has 6 nitrogen and oxygen atoms in total. The van der Waals surface area contributed by atoms with Crippen LogP contribution in [0.4, 0.5) is 0 Å². The number of ketones is 1. The molecule has 24 heavy (non-hydrogen) atoms. The number of carbonyl (C=O) groups is 2. The molecule has 1 N–H and O–H groups in total. The Morgan fingerprint density at radius 1 is 1.17 bits per heavy atom. The van der Waals surface area contributed by atoms with E-state index in [-0.39, 0.29) is 24.5 Å². The minimum absolute atomic E-state index is 0.0636. The van der Waals surface area contributed by atoms with Crippen LogP contribution in [-0.4, -0.2) is 32.1 Å². The van der Waals surface area contributed by atoms with Gasteiger partial charge in [-0.1, -0.05) is 0 Å². The summed E-state index contributed by atoms with van der Waals surface area (Å²) in [5, 5.41) is 7.68. The molecular formula is C17H18N2O4S. The van der Waals surface area contributed by atoms with Gasteiger partial charge in [-0.05, 0) is 35.0 Å². The van der Waals surface area contributed by atoms with Gasteiger partial charge < -0.3 is 9.47 Å². The molecule has 1 aromatic carbocycles. The summed E-state index contributed by atoms with van der Waals surface area (Å²) in [7, 11) is 3.03. The van der Waals surface area contributed by atoms with Gasteiger partial charge in [0.25, 0.3) is 0 Å². The Hall–Kier alpha value is -2.67. The average molecular weight is 346 g/mol. The van der Waals surface area contributed by atoms with Crippen LogP contribution in [-0.2, 0) is 4.79 Å². The number of benzene rings is 1. The van der Waals surface area contributed by atoms with Crippen molar-refractivity contribution in [3.05, 3.63) is 46.2 Å². The lowest BCUT2D eigenvalue weighted by atomic mass is 10.1. The number of hydrazone groups is 1. The SMILES string of the molecule is COc1ccc(C(=O)CCC(=O)N/N=C/c2ccsc2)cc1OC. The van der Waals surface area contributed by atoms with Gasteiger partial charge in [0.2, 0.25) is 5.91 Å². The van der Waals surface area contributed by atoms with Crippen LogP contribution in [0.2, 0.25) is 0 Å². The van der Waals surface area contributed by atoms with E-state index in [1.807, 2.05) is 16.8 Å². The van der Waals surface area contributed by atoms with Crippen molar-refractivity contribution in [2.45, 2.75) is 12.8 Å². The quantitative estimate of drug-likeness (QED) is 0.453. The molecule has 0 unspecified atom stereocenters. The van der Waals surface area contributed by atoms with Crippen molar-refractivity contribution < 1.29 is 19.1 Å². The Morgan fingerprint density at radius 3 is 2.62 bits per heavy atom. The van der Waals surface area contributed by atoms with Gasteiger partial charge >= 0.3 is 0 Å². The normalized spacial score (nSPS) is 10.6. The number of carbonyl (C=O) groups excluding carboxylic acids is 2. The summed E-state index contributed by atoms with van der Waals surface area (Å²) in [5.74, 6) is 0.575. The smallest absolute Gasteiger partial charge is 0.240 e. The van der Waals surface area contributed by atoms with Gasteiger partial charge in [-0.15, -0.1) is 0 Å². The van der Waals surface area contributed by atoms with Crippen molar-refractivity contribution in [1.82, 2.24) is 5.43 Å². The third-order valence-corrected chi connectivity index (χ3v) is 3.93. The number of nitrogens with zero attached hydrogens (tertiary/aromatic N) is 1. The van der Waals surface area contributed by atoms with Crippen LogP contribution in [0.15, 0.2) is 40.1 Å². The van der Waals surface area contributed by atoms with Crippen LogP contribution in [0.25, 0.3) is 0 Å². The molecule has 2 rings (SSSR count). The molecule has 0 aliphatic rings. The van der Waals surface area contributed by atoms with Crippen molar-refractivity contribution >= 4 is 29.2 Å². The first-order chi connectivity index (χ1) is 11.6. The molecule has 7 heteroatoms. The molecule has 0 atom stereocenters. The van der Waals surface area contributed by atoms with Crippen molar-refractivity contribution in [3.8, 4) is 11.5 Å². The van der Waals surface area contributed by atoms with Crippen molar-refractivity contribution in [2.75, 3.05) is 14.2 Å². The molecule has 0 bridgehead atoms. The van der Waals surface area contributed by atoms with Crippen LogP contribution in [0.5, 0.6) is 11.5 Å². The van der Waals surface area contributed by atoms with Gasteiger partial charge in [0.15, 0.2) is 17.3 Å². The Bertz CT molecular complexity index is 726. The Kier molecular flexibility index (Phi) is 6.51. The fourth-order valence-corrected chi connectivity index (χ4v) is 2.58. The van der Waals surface area contributed by atoms with E-state index in [4.69, 9.17) is 9.47 Å². The fourth-order valence-electron chi connectivity index (χ4n) is 1.96. The molecular weight excluding hydrogens is 328 g/mol. The highest BCUT2D eigenvalue weighted by molar-refractivity contribution is 7.08. The zero-order valence-corrected chi connectivity index (χ0v) is 14.3. The molecule has 1 amide bonds. The number of rotatable bonds is 8. The Balaban J connectivity index is 1.85. The summed E-state index contributed by atoms with van der Waals surface area (Å²) >= 11 is 1.55. The molecule has 2 aromatic rings. The first-order valence-electron chi connectivity index (χ1n) is 7.23. The van der Waals surface area contributed by atoms with Crippen molar-refractivity contribution in [1.29, 1.82) is 0 Å². The second-order valence-corrected chi connectivity index (χ2v) is 5.62. The maximum absolute atomic E-state index is 12.2. The van der Waals surface area contributed by atoms with Crippen molar-refractivity contribution in [2.24, 2.45) is 5.10 Å². The van der Waals surface area contributed by atoms with Crippen LogP contribution < -0.4 is 14.9 Å². The average Bonchev–Trinajstić information content (AvgIpc) is 3.12. The molecule has 0 spiro atoms. The first kappa shape index (κ1) is 17.7. The van der Waals surface area contributed by atoms with E-state index in [2.05, 4.69) is 10.5 Å². The standard InChI is InChI=1S/C17H18N2O4S/c1-22-15-5-3-13(9-16(15)23-2)14(20)4-6-17(21)19-18-10-12-7-8-24-11-12/h3,5,7-11H,4,6H2,1-2H3,(H,19,21)/b18-10+. The lowest BCUT2D eigenvalue weighted by Crippen LogP contribution is -2.18. The third kappa shape index (κ3) is 4.92. The highest BCUT2D eigenvalue weighted by Crippen LogP contribution is 2.28. The zero-order valence-electron chi connectivity index (χ0n) is 13.4. The molecule has 0 saturated heterocycles. The summed E-state index contributed by atoms with van der Waals surface area (Å²) in [6, 6.07) is 6.81. The van der Waals surface area contributed by atoms with Crippen LogP contribution in [0.3, 0.4) is 0 Å². The predicted octanol–water partition coefficient (Wildman–Crippen LogP) is 2.88. The molecule has 0 fully saturated rings. The molecule has 0 aliphatic carbocycles. The van der Waals surface area contributed by atoms with E-state index >= 15 is 0 Å². The number of hydrogen-bond acceptors (Lipinski definition) is 6. The first-order valence-corrected chi connectivity index (χ1v) is 8.17. The number of thiophene rings is 1. The second kappa shape index (κ2) is 8.83. The molecule has 1 aromatic heterocycles.